The summed E-state index contributed by atoms with van der Waals surface area (Å²) in [6.45, 7) is 16.5. The van der Waals surface area contributed by atoms with Gasteiger partial charge < -0.3 is 64.9 Å². The second kappa shape index (κ2) is 15.7. The Kier molecular flexibility index (Phi) is 12.5. The molecule has 0 bridgehead atoms. The van der Waals surface area contributed by atoms with E-state index in [1.165, 1.54) is 5.57 Å². The summed E-state index contributed by atoms with van der Waals surface area (Å²) in [4.78, 5) is 0. The molecule has 55 heavy (non-hydrogen) atoms. The van der Waals surface area contributed by atoms with Crippen LogP contribution in [0.2, 0.25) is 0 Å². The van der Waals surface area contributed by atoms with Crippen LogP contribution >= 0.6 is 0 Å². The molecule has 1 unspecified atom stereocenters. The lowest BCUT2D eigenvalue weighted by molar-refractivity contribution is -0.378. The normalized spacial score (nSPS) is 52.0. The predicted octanol–water partition coefficient (Wildman–Crippen LogP) is 2.15. The van der Waals surface area contributed by atoms with Gasteiger partial charge in [0.2, 0.25) is 0 Å². The van der Waals surface area contributed by atoms with Crippen LogP contribution in [0.3, 0.4) is 0 Å². The van der Waals surface area contributed by atoms with E-state index in [-0.39, 0.29) is 39.9 Å². The molecule has 6 rings (SSSR count). The van der Waals surface area contributed by atoms with Gasteiger partial charge in [0.25, 0.3) is 0 Å². The molecule has 2 heterocycles. The Morgan fingerprint density at radius 2 is 1.33 bits per heavy atom. The molecule has 0 aromatic carbocycles. The quantitative estimate of drug-likeness (QED) is 0.115. The maximum Gasteiger partial charge on any atom is 0.187 e. The van der Waals surface area contributed by atoms with E-state index in [0.29, 0.717) is 19.3 Å². The van der Waals surface area contributed by atoms with Crippen molar-refractivity contribution in [2.24, 2.45) is 45.3 Å². The van der Waals surface area contributed by atoms with Crippen molar-refractivity contribution in [1.82, 2.24) is 0 Å². The van der Waals surface area contributed by atoms with Crippen molar-refractivity contribution in [2.45, 2.75) is 192 Å². The number of hydrogen-bond acceptors (Lipinski definition) is 13. The number of rotatable bonds is 10. The summed E-state index contributed by atoms with van der Waals surface area (Å²) < 4.78 is 24.4. The zero-order valence-corrected chi connectivity index (χ0v) is 34.3. The van der Waals surface area contributed by atoms with Crippen molar-refractivity contribution in [3.05, 3.63) is 11.6 Å². The van der Waals surface area contributed by atoms with Crippen LogP contribution in [0, 0.1) is 45.3 Å². The van der Waals surface area contributed by atoms with Crippen LogP contribution in [0.5, 0.6) is 0 Å². The molecule has 0 radical (unpaired) electrons. The monoisotopic (exact) mass is 784 g/mol. The molecule has 6 aliphatic rings. The molecular weight excluding hydrogens is 712 g/mol. The predicted molar refractivity (Wildman–Crippen MR) is 201 cm³/mol. The Morgan fingerprint density at radius 3 is 1.95 bits per heavy atom. The average molecular weight is 785 g/mol. The van der Waals surface area contributed by atoms with Crippen LogP contribution in [0.15, 0.2) is 11.6 Å². The van der Waals surface area contributed by atoms with Gasteiger partial charge in [-0.25, -0.2) is 0 Å². The zero-order chi connectivity index (χ0) is 40.6. The first kappa shape index (κ1) is 43.8. The number of allylic oxidation sites excluding steroid dienone is 2. The Hall–Kier alpha value is -0.780. The van der Waals surface area contributed by atoms with Crippen molar-refractivity contribution in [1.29, 1.82) is 0 Å². The van der Waals surface area contributed by atoms with Gasteiger partial charge in [-0.1, -0.05) is 46.3 Å². The fraction of sp³-hybridized carbons (Fsp3) is 0.952. The number of ether oxygens (including phenoxy) is 4. The first-order valence-electron chi connectivity index (χ1n) is 20.9. The lowest BCUT2D eigenvalue weighted by Crippen LogP contribution is -2.68. The molecule has 2 aliphatic heterocycles. The fourth-order valence-electron chi connectivity index (χ4n) is 13.3. The molecule has 318 valence electrons. The van der Waals surface area contributed by atoms with E-state index in [1.807, 2.05) is 6.92 Å². The minimum absolute atomic E-state index is 0.00798. The summed E-state index contributed by atoms with van der Waals surface area (Å²) in [6.07, 6.45) is -6.48. The van der Waals surface area contributed by atoms with Crippen molar-refractivity contribution in [3.8, 4) is 0 Å². The molecule has 2 saturated heterocycles. The van der Waals surface area contributed by atoms with Gasteiger partial charge in [0, 0.05) is 0 Å². The van der Waals surface area contributed by atoms with Crippen LogP contribution in [0.25, 0.3) is 0 Å². The molecule has 20 atom stereocenters. The molecule has 0 amide bonds. The van der Waals surface area contributed by atoms with E-state index in [9.17, 15) is 46.0 Å². The van der Waals surface area contributed by atoms with Gasteiger partial charge in [0.05, 0.1) is 31.0 Å². The van der Waals surface area contributed by atoms with E-state index in [1.54, 1.807) is 0 Å². The van der Waals surface area contributed by atoms with Gasteiger partial charge in [-0.2, -0.15) is 0 Å². The number of aliphatic hydroxyl groups is 9. The Bertz CT molecular complexity index is 1370. The first-order chi connectivity index (χ1) is 25.6. The Morgan fingerprint density at radius 1 is 0.727 bits per heavy atom. The third kappa shape index (κ3) is 7.20. The van der Waals surface area contributed by atoms with Gasteiger partial charge in [-0.05, 0) is 124 Å². The lowest BCUT2D eigenvalue weighted by Gasteiger charge is -2.70. The lowest BCUT2D eigenvalue weighted by atomic mass is 9.35. The highest BCUT2D eigenvalue weighted by atomic mass is 16.8. The molecule has 0 aromatic rings. The summed E-state index contributed by atoms with van der Waals surface area (Å²) in [5.74, 6) is 0.445. The van der Waals surface area contributed by atoms with Crippen molar-refractivity contribution >= 4 is 0 Å². The summed E-state index contributed by atoms with van der Waals surface area (Å²) in [6, 6.07) is 0. The molecule has 4 saturated carbocycles. The molecule has 13 nitrogen and oxygen atoms in total. The van der Waals surface area contributed by atoms with Crippen molar-refractivity contribution in [2.75, 3.05) is 13.2 Å². The van der Waals surface area contributed by atoms with Crippen LogP contribution in [0.4, 0.5) is 0 Å². The van der Waals surface area contributed by atoms with Crippen LogP contribution in [-0.4, -0.2) is 138 Å². The number of hydrogen-bond donors (Lipinski definition) is 9. The minimum atomic E-state index is -1.75. The van der Waals surface area contributed by atoms with Gasteiger partial charge >= 0.3 is 0 Å². The molecule has 13 heteroatoms. The van der Waals surface area contributed by atoms with E-state index in [2.05, 4.69) is 54.5 Å². The third-order valence-electron chi connectivity index (χ3n) is 16.6. The van der Waals surface area contributed by atoms with Gasteiger partial charge in [-0.3, -0.25) is 0 Å². The number of aliphatic hydroxyl groups excluding tert-OH is 8. The molecule has 9 N–H and O–H groups in total. The summed E-state index contributed by atoms with van der Waals surface area (Å²) in [5, 5.41) is 97.4. The van der Waals surface area contributed by atoms with Crippen molar-refractivity contribution in [3.63, 3.8) is 0 Å². The van der Waals surface area contributed by atoms with Crippen LogP contribution in [-0.2, 0) is 18.9 Å². The highest BCUT2D eigenvalue weighted by Gasteiger charge is 2.71. The molecule has 0 spiro atoms. The molecule has 4 aliphatic carbocycles. The smallest absolute Gasteiger partial charge is 0.187 e. The standard InChI is InChI=1S/C42H72O13/c1-21(2)10-9-14-42(8,51)22-11-16-41(7)29(22)23(45)18-27-39(5)15-13-28(38(3,4)26(39)12-17-40(27,41)6)54-37-35(33(49)31(47)25(20-44)53-37)55-36-34(50)32(48)30(46)24(19-43)52-36/h10,22-37,43-51H,9,11-20H2,1-8H3/t22?,23-,24+,25-,26-,27-,28-,29+,30+,31-,32-,33+,34+,35+,36-,37-,39-,40-,41+,42-/m0/s1. The van der Waals surface area contributed by atoms with E-state index in [0.717, 1.165) is 38.5 Å². The molecular formula is C42H72O13. The third-order valence-corrected chi connectivity index (χ3v) is 16.6. The average Bonchev–Trinajstić information content (AvgIpc) is 3.50. The highest BCUT2D eigenvalue weighted by Crippen LogP contribution is 2.76. The van der Waals surface area contributed by atoms with E-state index in [4.69, 9.17) is 18.9 Å². The first-order valence-corrected chi connectivity index (χ1v) is 20.9. The SMILES string of the molecule is CC(C)=CCC[C@](C)(O)C1CC[C@]2(C)[C@H]1[C@@H](O)C[C@H]1[C@@]3(C)CC[C@H](O[C@@H]4O[C@@H](CO)[C@H](O)[C@@H](O)[C@H]4O[C@@H]4O[C@H](CO)[C@@H](O)[C@H](O)[C@H]4O)C(C)(C)[C@@H]3CC[C@@]12C. The maximum absolute atomic E-state index is 12.2. The van der Waals surface area contributed by atoms with Gasteiger partial charge in [0.1, 0.15) is 48.8 Å². The maximum atomic E-state index is 12.2. The van der Waals surface area contributed by atoms with E-state index < -0.39 is 97.8 Å². The largest absolute Gasteiger partial charge is 0.394 e. The zero-order valence-electron chi connectivity index (χ0n) is 34.3. The Balaban J connectivity index is 1.23. The van der Waals surface area contributed by atoms with Gasteiger partial charge in [0.15, 0.2) is 12.6 Å². The van der Waals surface area contributed by atoms with Crippen LogP contribution < -0.4 is 0 Å². The molecule has 0 aromatic heterocycles. The molecule has 6 fully saturated rings. The summed E-state index contributed by atoms with van der Waals surface area (Å²) >= 11 is 0. The second-order valence-electron chi connectivity index (χ2n) is 20.1. The van der Waals surface area contributed by atoms with Crippen LogP contribution in [0.1, 0.15) is 113 Å². The Labute approximate surface area is 327 Å². The van der Waals surface area contributed by atoms with Gasteiger partial charge in [-0.15, -0.1) is 0 Å². The fourth-order valence-corrected chi connectivity index (χ4v) is 13.3. The minimum Gasteiger partial charge on any atom is -0.394 e. The topological polar surface area (TPSA) is 219 Å². The highest BCUT2D eigenvalue weighted by molar-refractivity contribution is 5.20. The summed E-state index contributed by atoms with van der Waals surface area (Å²) in [7, 11) is 0. The second-order valence-corrected chi connectivity index (χ2v) is 20.1. The van der Waals surface area contributed by atoms with Crippen molar-refractivity contribution < 1.29 is 64.9 Å². The van der Waals surface area contributed by atoms with E-state index >= 15 is 0 Å². The summed E-state index contributed by atoms with van der Waals surface area (Å²) in [5.41, 5.74) is -0.405. The number of fused-ring (bicyclic) bond motifs is 5.